The number of ketones is 1. The van der Waals surface area contributed by atoms with Crippen LogP contribution in [0.25, 0.3) is 0 Å². The van der Waals surface area contributed by atoms with Gasteiger partial charge >= 0.3 is 6.09 Å². The highest BCUT2D eigenvalue weighted by atomic mass is 79.9. The average molecular weight is 527 g/mol. The first kappa shape index (κ1) is 26.5. The molecule has 0 radical (unpaired) electrons. The van der Waals surface area contributed by atoms with Gasteiger partial charge in [-0.1, -0.05) is 0 Å². The van der Waals surface area contributed by atoms with E-state index in [0.717, 1.165) is 4.90 Å². The molecule has 3 rings (SSSR count). The van der Waals surface area contributed by atoms with E-state index < -0.39 is 52.5 Å². The Bertz CT molecular complexity index is 833. The van der Waals surface area contributed by atoms with Crippen LogP contribution in [0.4, 0.5) is 22.4 Å². The number of likely N-dealkylation sites (tertiary alicyclic amines) is 1. The Labute approximate surface area is 194 Å². The Morgan fingerprint density at radius 1 is 1.09 bits per heavy atom. The van der Waals surface area contributed by atoms with Crippen molar-refractivity contribution < 1.29 is 36.6 Å². The Morgan fingerprint density at radius 2 is 1.66 bits per heavy atom. The maximum atomic E-state index is 14.4. The van der Waals surface area contributed by atoms with Gasteiger partial charge in [-0.15, -0.1) is 17.0 Å². The van der Waals surface area contributed by atoms with Crippen LogP contribution in [0.3, 0.4) is 0 Å². The van der Waals surface area contributed by atoms with Gasteiger partial charge in [-0.25, -0.2) is 22.4 Å². The summed E-state index contributed by atoms with van der Waals surface area (Å²) in [7, 11) is 0. The molecule has 1 aromatic carbocycles. The normalized spacial score (nSPS) is 21.9. The lowest BCUT2D eigenvalue weighted by Gasteiger charge is -2.30. The Kier molecular flexibility index (Phi) is 8.69. The van der Waals surface area contributed by atoms with E-state index in [4.69, 9.17) is 9.47 Å². The predicted octanol–water partition coefficient (Wildman–Crippen LogP) is 3.82. The van der Waals surface area contributed by atoms with Crippen molar-refractivity contribution in [1.29, 1.82) is 0 Å². The van der Waals surface area contributed by atoms with E-state index in [1.54, 1.807) is 20.8 Å². The lowest BCUT2D eigenvalue weighted by atomic mass is 9.93. The maximum Gasteiger partial charge on any atom is 0.410 e. The zero-order valence-electron chi connectivity index (χ0n) is 18.1. The molecule has 0 aliphatic carbocycles. The van der Waals surface area contributed by atoms with Gasteiger partial charge in [0.15, 0.2) is 29.1 Å². The largest absolute Gasteiger partial charge is 0.444 e. The lowest BCUT2D eigenvalue weighted by Crippen LogP contribution is -2.48. The molecule has 6 nitrogen and oxygen atoms in total. The van der Waals surface area contributed by atoms with Crippen LogP contribution in [0.1, 0.15) is 38.7 Å². The molecule has 0 spiro atoms. The monoisotopic (exact) mass is 526 g/mol. The van der Waals surface area contributed by atoms with Crippen molar-refractivity contribution in [2.24, 2.45) is 0 Å². The molecule has 1 aromatic rings. The number of halogens is 5. The van der Waals surface area contributed by atoms with Gasteiger partial charge in [-0.05, 0) is 27.2 Å². The number of nitrogens with zero attached hydrogens (tertiary/aromatic N) is 2. The summed E-state index contributed by atoms with van der Waals surface area (Å²) >= 11 is 0. The van der Waals surface area contributed by atoms with Gasteiger partial charge < -0.3 is 9.47 Å². The summed E-state index contributed by atoms with van der Waals surface area (Å²) in [4.78, 5) is 28.7. The third kappa shape index (κ3) is 5.99. The van der Waals surface area contributed by atoms with E-state index in [0.29, 0.717) is 26.3 Å². The van der Waals surface area contributed by atoms with E-state index in [9.17, 15) is 27.2 Å². The number of carbonyl (C=O) groups is 2. The third-order valence-corrected chi connectivity index (χ3v) is 5.34. The van der Waals surface area contributed by atoms with Crippen LogP contribution in [0.2, 0.25) is 0 Å². The lowest BCUT2D eigenvalue weighted by molar-refractivity contribution is -0.125. The van der Waals surface area contributed by atoms with Crippen LogP contribution in [-0.4, -0.2) is 72.7 Å². The van der Waals surface area contributed by atoms with E-state index in [2.05, 4.69) is 0 Å². The van der Waals surface area contributed by atoms with Gasteiger partial charge in [0.1, 0.15) is 5.60 Å². The summed E-state index contributed by atoms with van der Waals surface area (Å²) in [6, 6.07) is -0.900. The Balaban J connectivity index is 0.00000363. The van der Waals surface area contributed by atoms with Crippen molar-refractivity contribution in [1.82, 2.24) is 9.80 Å². The summed E-state index contributed by atoms with van der Waals surface area (Å²) in [5.74, 6) is -7.53. The molecule has 11 heteroatoms. The molecule has 2 saturated heterocycles. The quantitative estimate of drug-likeness (QED) is 0.441. The summed E-state index contributed by atoms with van der Waals surface area (Å²) < 4.78 is 66.8. The number of ether oxygens (including phenoxy) is 2. The maximum absolute atomic E-state index is 14.4. The number of hydrogen-bond donors (Lipinski definition) is 0. The number of carbonyl (C=O) groups excluding carboxylic acids is 2. The fourth-order valence-corrected chi connectivity index (χ4v) is 3.91. The minimum atomic E-state index is -1.53. The zero-order valence-corrected chi connectivity index (χ0v) is 19.8. The standard InChI is InChI=1S/C21H26F4N2O4.BrH/c1-21(2,3)31-20(29)27-10-12(17-18(24)13(22)9-14(23)19(17)25)8-15(27)16(28)11-26-4-6-30-7-5-26;/h9,12,15H,4-8,10-11H2,1-3H3;1H. The molecule has 0 saturated carbocycles. The second-order valence-corrected chi connectivity index (χ2v) is 8.82. The second kappa shape index (κ2) is 10.5. The predicted molar refractivity (Wildman–Crippen MR) is 113 cm³/mol. The van der Waals surface area contributed by atoms with Crippen LogP contribution >= 0.6 is 17.0 Å². The first-order valence-electron chi connectivity index (χ1n) is 10.1. The van der Waals surface area contributed by atoms with E-state index in [1.165, 1.54) is 0 Å². The number of benzene rings is 1. The van der Waals surface area contributed by atoms with E-state index >= 15 is 0 Å². The fraction of sp³-hybridized carbons (Fsp3) is 0.619. The van der Waals surface area contributed by atoms with Gasteiger partial charge in [0, 0.05) is 37.2 Å². The van der Waals surface area contributed by atoms with Crippen molar-refractivity contribution in [3.63, 3.8) is 0 Å². The zero-order chi connectivity index (χ0) is 22.9. The van der Waals surface area contributed by atoms with Crippen molar-refractivity contribution in [2.75, 3.05) is 39.4 Å². The minimum Gasteiger partial charge on any atom is -0.444 e. The molecule has 2 atom stereocenters. The van der Waals surface area contributed by atoms with E-state index in [1.807, 2.05) is 4.90 Å². The van der Waals surface area contributed by atoms with Crippen LogP contribution in [0, 0.1) is 23.3 Å². The van der Waals surface area contributed by atoms with Crippen LogP contribution in [-0.2, 0) is 14.3 Å². The Hall–Kier alpha value is -1.72. The highest BCUT2D eigenvalue weighted by molar-refractivity contribution is 8.93. The van der Waals surface area contributed by atoms with Gasteiger partial charge in [0.25, 0.3) is 0 Å². The van der Waals surface area contributed by atoms with Gasteiger partial charge in [0.05, 0.1) is 25.8 Å². The average Bonchev–Trinajstić information content (AvgIpc) is 3.11. The Morgan fingerprint density at radius 3 is 2.19 bits per heavy atom. The molecule has 0 bridgehead atoms. The highest BCUT2D eigenvalue weighted by Crippen LogP contribution is 2.37. The summed E-state index contributed by atoms with van der Waals surface area (Å²) in [6.45, 7) is 6.65. The first-order chi connectivity index (χ1) is 14.5. The molecular weight excluding hydrogens is 500 g/mol. The molecular formula is C21H27BrF4N2O4. The molecule has 0 N–H and O–H groups in total. The topological polar surface area (TPSA) is 59.1 Å². The van der Waals surface area contributed by atoms with Crippen molar-refractivity contribution in [3.05, 3.63) is 34.9 Å². The number of Topliss-reactive ketones (excluding diaryl/α,β-unsaturated/α-hetero) is 1. The molecule has 2 aliphatic heterocycles. The molecule has 180 valence electrons. The molecule has 0 aromatic heterocycles. The van der Waals surface area contributed by atoms with Crippen molar-refractivity contribution in [2.45, 2.75) is 44.8 Å². The minimum absolute atomic E-state index is 0. The van der Waals surface area contributed by atoms with Crippen LogP contribution in [0.15, 0.2) is 6.07 Å². The van der Waals surface area contributed by atoms with Crippen molar-refractivity contribution >= 4 is 28.9 Å². The van der Waals surface area contributed by atoms with E-state index in [-0.39, 0.29) is 48.3 Å². The highest BCUT2D eigenvalue weighted by Gasteiger charge is 2.44. The number of morpholine rings is 1. The van der Waals surface area contributed by atoms with Crippen LogP contribution in [0.5, 0.6) is 0 Å². The number of amides is 1. The smallest absolute Gasteiger partial charge is 0.410 e. The molecule has 2 unspecified atom stereocenters. The number of rotatable bonds is 4. The third-order valence-electron chi connectivity index (χ3n) is 5.34. The van der Waals surface area contributed by atoms with Gasteiger partial charge in [0.2, 0.25) is 0 Å². The molecule has 2 aliphatic rings. The molecule has 32 heavy (non-hydrogen) atoms. The SMILES string of the molecule is Br.CC(C)(C)OC(=O)N1CC(c2c(F)c(F)cc(F)c2F)CC1C(=O)CN1CCOCC1. The van der Waals surface area contributed by atoms with Crippen molar-refractivity contribution in [3.8, 4) is 0 Å². The second-order valence-electron chi connectivity index (χ2n) is 8.82. The first-order valence-corrected chi connectivity index (χ1v) is 10.1. The summed E-state index contributed by atoms with van der Waals surface area (Å²) in [5, 5.41) is 0. The molecule has 2 fully saturated rings. The summed E-state index contributed by atoms with van der Waals surface area (Å²) in [5.41, 5.74) is -1.67. The van der Waals surface area contributed by atoms with Crippen LogP contribution < -0.4 is 0 Å². The fourth-order valence-electron chi connectivity index (χ4n) is 3.91. The number of hydrogen-bond acceptors (Lipinski definition) is 5. The van der Waals surface area contributed by atoms with Gasteiger partial charge in [-0.3, -0.25) is 14.6 Å². The van der Waals surface area contributed by atoms with Gasteiger partial charge in [-0.2, -0.15) is 0 Å². The molecule has 2 heterocycles. The summed E-state index contributed by atoms with van der Waals surface area (Å²) in [6.07, 6.45) is -0.993. The molecule has 1 amide bonds.